The standard InChI is InChI=1S/C14H15BO9/c15-14(21)22-5-6-1-3-7(4-2-6)23-13-10(18)8(16)9(17)11(24-13)12(19)20/h1-4,8-11,13,16-18H,5H2,(H,19,20). The molecule has 24 heavy (non-hydrogen) atoms. The van der Waals surface area contributed by atoms with Crippen molar-refractivity contribution in [3.63, 3.8) is 0 Å². The number of carboxylic acid groups (broad SMARTS) is 1. The molecule has 0 spiro atoms. The van der Waals surface area contributed by atoms with Crippen LogP contribution in [0.2, 0.25) is 0 Å². The van der Waals surface area contributed by atoms with Gasteiger partial charge < -0.3 is 34.6 Å². The van der Waals surface area contributed by atoms with E-state index in [-0.39, 0.29) is 12.4 Å². The molecule has 1 aromatic carbocycles. The van der Waals surface area contributed by atoms with E-state index in [0.29, 0.717) is 5.56 Å². The third-order valence-electron chi connectivity index (χ3n) is 3.37. The van der Waals surface area contributed by atoms with E-state index in [2.05, 4.69) is 4.74 Å². The van der Waals surface area contributed by atoms with Gasteiger partial charge in [-0.3, -0.25) is 4.79 Å². The second kappa shape index (κ2) is 7.62. The van der Waals surface area contributed by atoms with Crippen molar-refractivity contribution in [3.05, 3.63) is 29.8 Å². The maximum Gasteiger partial charge on any atom is 0.335 e. The van der Waals surface area contributed by atoms with E-state index >= 15 is 0 Å². The molecule has 1 fully saturated rings. The fourth-order valence-corrected chi connectivity index (χ4v) is 2.10. The van der Waals surface area contributed by atoms with Gasteiger partial charge in [0.15, 0.2) is 6.10 Å². The highest BCUT2D eigenvalue weighted by molar-refractivity contribution is 6.55. The molecule has 5 atom stereocenters. The summed E-state index contributed by atoms with van der Waals surface area (Å²) in [6.45, 7) is -0.0375. The summed E-state index contributed by atoms with van der Waals surface area (Å²) >= 11 is 0. The maximum absolute atomic E-state index is 11.0. The van der Waals surface area contributed by atoms with Gasteiger partial charge in [0.25, 0.3) is 0 Å². The first kappa shape index (κ1) is 18.2. The van der Waals surface area contributed by atoms with Crippen molar-refractivity contribution in [1.29, 1.82) is 0 Å². The van der Waals surface area contributed by atoms with Gasteiger partial charge in [0.1, 0.15) is 30.7 Å². The minimum atomic E-state index is -1.79. The van der Waals surface area contributed by atoms with Crippen molar-refractivity contribution in [1.82, 2.24) is 0 Å². The number of hydrogen-bond donors (Lipinski definition) is 4. The number of aliphatic hydroxyl groups excluding tert-OH is 3. The summed E-state index contributed by atoms with van der Waals surface area (Å²) in [5.41, 5.74) is 0.616. The Balaban J connectivity index is 2.03. The molecule has 0 aromatic heterocycles. The number of ether oxygens (including phenoxy) is 3. The number of aliphatic carboxylic acids is 1. The molecule has 1 saturated heterocycles. The Bertz CT molecular complexity index is 590. The first-order valence-corrected chi connectivity index (χ1v) is 6.90. The predicted molar refractivity (Wildman–Crippen MR) is 77.3 cm³/mol. The number of aliphatic hydroxyl groups is 3. The molecule has 0 saturated carbocycles. The minimum absolute atomic E-state index is 0.0375. The Kier molecular flexibility index (Phi) is 5.78. The Morgan fingerprint density at radius 1 is 1.08 bits per heavy atom. The zero-order valence-electron chi connectivity index (χ0n) is 12.3. The predicted octanol–water partition coefficient (Wildman–Crippen LogP) is -1.24. The van der Waals surface area contributed by atoms with E-state index in [9.17, 15) is 24.9 Å². The van der Waals surface area contributed by atoms with Crippen LogP contribution < -0.4 is 4.74 Å². The van der Waals surface area contributed by atoms with E-state index < -0.39 is 42.5 Å². The molecule has 1 heterocycles. The van der Waals surface area contributed by atoms with Crippen LogP contribution >= 0.6 is 0 Å². The van der Waals surface area contributed by atoms with E-state index in [1.165, 1.54) is 12.1 Å². The van der Waals surface area contributed by atoms with Crippen LogP contribution in [0.3, 0.4) is 0 Å². The molecule has 1 aromatic rings. The summed E-state index contributed by atoms with van der Waals surface area (Å²) in [4.78, 5) is 21.5. The van der Waals surface area contributed by atoms with Crippen LogP contribution in [0.15, 0.2) is 24.3 Å². The second-order valence-corrected chi connectivity index (χ2v) is 5.10. The highest BCUT2D eigenvalue weighted by Crippen LogP contribution is 2.24. The topological polar surface area (TPSA) is 143 Å². The highest BCUT2D eigenvalue weighted by Gasteiger charge is 2.48. The van der Waals surface area contributed by atoms with E-state index in [4.69, 9.17) is 22.4 Å². The molecule has 4 N–H and O–H groups in total. The van der Waals surface area contributed by atoms with Crippen LogP contribution in [0.25, 0.3) is 0 Å². The van der Waals surface area contributed by atoms with Gasteiger partial charge in [-0.15, -0.1) is 0 Å². The molecule has 1 aliphatic heterocycles. The van der Waals surface area contributed by atoms with Crippen molar-refractivity contribution in [2.45, 2.75) is 37.3 Å². The quantitative estimate of drug-likeness (QED) is 0.485. The number of rotatable bonds is 5. The monoisotopic (exact) mass is 338 g/mol. The molecular formula is C14H15BO9. The van der Waals surface area contributed by atoms with Gasteiger partial charge in [0.05, 0.1) is 0 Å². The summed E-state index contributed by atoms with van der Waals surface area (Å²) in [6, 6.07) is 6.02. The lowest BCUT2D eigenvalue weighted by molar-refractivity contribution is -0.271. The van der Waals surface area contributed by atoms with Crippen LogP contribution in [0.1, 0.15) is 5.56 Å². The van der Waals surface area contributed by atoms with Crippen molar-refractivity contribution < 1.29 is 44.2 Å². The molecule has 5 unspecified atom stereocenters. The molecule has 2 rings (SSSR count). The van der Waals surface area contributed by atoms with Gasteiger partial charge >= 0.3 is 5.97 Å². The zero-order valence-corrected chi connectivity index (χ0v) is 12.3. The zero-order chi connectivity index (χ0) is 17.9. The number of carboxylic acids is 1. The third kappa shape index (κ3) is 4.23. The highest BCUT2D eigenvalue weighted by atomic mass is 16.7. The molecule has 10 heteroatoms. The van der Waals surface area contributed by atoms with Gasteiger partial charge in [-0.05, 0) is 17.7 Å². The van der Waals surface area contributed by atoms with Gasteiger partial charge in [-0.2, -0.15) is 0 Å². The lowest BCUT2D eigenvalue weighted by Crippen LogP contribution is -2.61. The van der Waals surface area contributed by atoms with E-state index in [1.54, 1.807) is 12.1 Å². The number of benzene rings is 1. The van der Waals surface area contributed by atoms with Crippen molar-refractivity contribution in [3.8, 4) is 5.75 Å². The summed E-state index contributed by atoms with van der Waals surface area (Å²) in [7, 11) is 4.85. The summed E-state index contributed by atoms with van der Waals surface area (Å²) in [5.74, 6) is -2.21. The fourth-order valence-electron chi connectivity index (χ4n) is 2.10. The molecule has 0 amide bonds. The summed E-state index contributed by atoms with van der Waals surface area (Å²) in [6.07, 6.45) is -8.40. The van der Waals surface area contributed by atoms with Crippen molar-refractivity contribution in [2.75, 3.05) is 0 Å². The first-order chi connectivity index (χ1) is 11.3. The van der Waals surface area contributed by atoms with Crippen LogP contribution in [0.5, 0.6) is 5.75 Å². The molecule has 2 radical (unpaired) electrons. The Morgan fingerprint density at radius 2 is 1.71 bits per heavy atom. The van der Waals surface area contributed by atoms with Gasteiger partial charge in [0.2, 0.25) is 20.0 Å². The average Bonchev–Trinajstić information content (AvgIpc) is 2.54. The van der Waals surface area contributed by atoms with Crippen LogP contribution in [-0.2, 0) is 20.9 Å². The van der Waals surface area contributed by atoms with Crippen LogP contribution in [0.4, 0.5) is 4.79 Å². The summed E-state index contributed by atoms with van der Waals surface area (Å²) in [5, 5.41) is 38.1. The SMILES string of the molecule is [B]C(=O)OCc1ccc(OC2OC(C(=O)O)C(O)C(O)C2O)cc1. The van der Waals surface area contributed by atoms with Crippen LogP contribution in [0, 0.1) is 0 Å². The Labute approximate surface area is 137 Å². The number of carbonyl (C=O) groups excluding carboxylic acids is 1. The van der Waals surface area contributed by atoms with Crippen LogP contribution in [-0.4, -0.2) is 70.8 Å². The fraction of sp³-hybridized carbons (Fsp3) is 0.429. The molecule has 0 aliphatic carbocycles. The van der Waals surface area contributed by atoms with E-state index in [0.717, 1.165) is 0 Å². The lowest BCUT2D eigenvalue weighted by atomic mass is 9.99. The lowest BCUT2D eigenvalue weighted by Gasteiger charge is -2.38. The number of carbonyl (C=O) groups is 2. The van der Waals surface area contributed by atoms with Gasteiger partial charge in [-0.1, -0.05) is 12.1 Å². The first-order valence-electron chi connectivity index (χ1n) is 6.90. The molecule has 0 bridgehead atoms. The smallest absolute Gasteiger partial charge is 0.335 e. The molecule has 1 aliphatic rings. The van der Waals surface area contributed by atoms with Crippen molar-refractivity contribution in [2.24, 2.45) is 0 Å². The summed E-state index contributed by atoms with van der Waals surface area (Å²) < 4.78 is 14.9. The Morgan fingerprint density at radius 3 is 2.25 bits per heavy atom. The van der Waals surface area contributed by atoms with Crippen molar-refractivity contribution >= 4 is 19.7 Å². The normalized spacial score (nSPS) is 29.7. The van der Waals surface area contributed by atoms with E-state index in [1.807, 2.05) is 0 Å². The molecule has 9 nitrogen and oxygen atoms in total. The minimum Gasteiger partial charge on any atom is -0.479 e. The van der Waals surface area contributed by atoms with Gasteiger partial charge in [0, 0.05) is 0 Å². The van der Waals surface area contributed by atoms with Gasteiger partial charge in [-0.25, -0.2) is 4.79 Å². The largest absolute Gasteiger partial charge is 0.479 e. The Hall–Kier alpha value is -2.14. The maximum atomic E-state index is 11.0. The average molecular weight is 338 g/mol. The third-order valence-corrected chi connectivity index (χ3v) is 3.37. The second-order valence-electron chi connectivity index (χ2n) is 5.10. The molecule has 128 valence electrons. The number of hydrogen-bond acceptors (Lipinski definition) is 8. The molecular weight excluding hydrogens is 323 g/mol.